The van der Waals surface area contributed by atoms with Crippen molar-refractivity contribution in [2.24, 2.45) is 23.2 Å². The van der Waals surface area contributed by atoms with Crippen LogP contribution in [-0.4, -0.2) is 142 Å². The van der Waals surface area contributed by atoms with Crippen molar-refractivity contribution < 1.29 is 38.6 Å². The number of aryl methyl sites for hydroxylation is 1. The van der Waals surface area contributed by atoms with E-state index in [-0.39, 0.29) is 68.7 Å². The van der Waals surface area contributed by atoms with Crippen molar-refractivity contribution in [3.8, 4) is 34.2 Å². The van der Waals surface area contributed by atoms with Gasteiger partial charge in [0.05, 0.1) is 35.6 Å². The number of rotatable bonds is 10. The van der Waals surface area contributed by atoms with E-state index in [0.29, 0.717) is 19.5 Å². The lowest BCUT2D eigenvalue weighted by atomic mass is 9.84. The molecule has 3 fully saturated rings. The lowest BCUT2D eigenvalue weighted by Crippen LogP contribution is -2.67. The Labute approximate surface area is 442 Å². The predicted molar refractivity (Wildman–Crippen MR) is 288 cm³/mol. The van der Waals surface area contributed by atoms with Crippen molar-refractivity contribution in [2.45, 2.75) is 136 Å². The lowest BCUT2D eigenvalue weighted by Gasteiger charge is -2.40. The largest absolute Gasteiger partial charge is 0.462 e. The summed E-state index contributed by atoms with van der Waals surface area (Å²) >= 11 is 0. The number of methoxy groups -OCH3 is 1. The fourth-order valence-corrected chi connectivity index (χ4v) is 11.5. The highest BCUT2D eigenvalue weighted by Gasteiger charge is 2.47. The third-order valence-electron chi connectivity index (χ3n) is 16.4. The molecule has 2 aromatic heterocycles. The van der Waals surface area contributed by atoms with Gasteiger partial charge >= 0.3 is 5.97 Å². The first-order valence-corrected chi connectivity index (χ1v) is 26.8. The number of pyridine rings is 1. The van der Waals surface area contributed by atoms with Crippen LogP contribution in [0, 0.1) is 35.0 Å². The minimum absolute atomic E-state index is 0.00653. The zero-order valence-corrected chi connectivity index (χ0v) is 45.9. The number of aliphatic hydroxyl groups is 1. The molecule has 0 spiro atoms. The van der Waals surface area contributed by atoms with Gasteiger partial charge in [-0.3, -0.25) is 34.1 Å². The van der Waals surface area contributed by atoms with Gasteiger partial charge in [-0.25, -0.2) is 4.79 Å². The van der Waals surface area contributed by atoms with Gasteiger partial charge in [0.1, 0.15) is 12.1 Å². The number of nitrogens with one attached hydrogen (secondary N) is 2. The number of esters is 1. The van der Waals surface area contributed by atoms with Crippen molar-refractivity contribution in [3.05, 3.63) is 77.6 Å². The topological polar surface area (TPSA) is 179 Å². The van der Waals surface area contributed by atoms with Crippen molar-refractivity contribution in [2.75, 3.05) is 54.5 Å². The third kappa shape index (κ3) is 11.5. The molecule has 402 valence electrons. The summed E-state index contributed by atoms with van der Waals surface area (Å²) in [5, 5.41) is 17.4. The fraction of sp³-hybridized carbons (Fsp3) is 0.559. The van der Waals surface area contributed by atoms with E-state index in [4.69, 9.17) is 14.5 Å². The van der Waals surface area contributed by atoms with Crippen molar-refractivity contribution in [1.29, 1.82) is 0 Å². The maximum absolute atomic E-state index is 15.1. The SMILES string of the molecule is CCn1c(-c2cccnc2[C@H](C)OC)c2c3cc(ccc31)-c1cccc(c1)C[C@H](NC(=O)[C@H](C1CCCC1)N(C)C(=O)[C@@H]1CN(C(=O)C#CC(C)(C)N(C)C)C[C@@H]1C)C(=O)N1CCC[C@@](O)(N1)C(=O)OCC(C)(C)C2. The number of hydrazine groups is 1. The molecule has 3 aliphatic heterocycles. The fourth-order valence-electron chi connectivity index (χ4n) is 11.5. The van der Waals surface area contributed by atoms with Crippen LogP contribution in [0.1, 0.15) is 110 Å². The number of benzene rings is 2. The number of hydrogen-bond acceptors (Lipinski definition) is 11. The molecular formula is C59H78N8O8. The maximum Gasteiger partial charge on any atom is 0.355 e. The molecular weight excluding hydrogens is 949 g/mol. The molecule has 4 amide bonds. The number of cyclic esters (lactones) is 1. The number of likely N-dealkylation sites (N-methyl/N-ethyl adjacent to an activating group) is 1. The monoisotopic (exact) mass is 1030 g/mol. The average Bonchev–Trinajstić information content (AvgIpc) is 4.15. The second-order valence-corrected chi connectivity index (χ2v) is 23.0. The molecule has 6 bridgehead atoms. The van der Waals surface area contributed by atoms with Crippen LogP contribution in [0.15, 0.2) is 60.8 Å². The van der Waals surface area contributed by atoms with E-state index >= 15 is 9.59 Å². The molecule has 75 heavy (non-hydrogen) atoms. The molecule has 1 saturated carbocycles. The van der Waals surface area contributed by atoms with Gasteiger partial charge in [-0.2, -0.15) is 5.43 Å². The molecule has 5 heterocycles. The highest BCUT2D eigenvalue weighted by Crippen LogP contribution is 2.42. The normalized spacial score (nSPS) is 23.3. The number of carbonyl (C=O) groups is 5. The first kappa shape index (κ1) is 55.1. The van der Waals surface area contributed by atoms with Gasteiger partial charge in [-0.05, 0) is 132 Å². The number of aromatic nitrogens is 2. The average molecular weight is 1030 g/mol. The van der Waals surface area contributed by atoms with Crippen molar-refractivity contribution in [1.82, 2.24) is 40.0 Å². The second kappa shape index (κ2) is 22.2. The molecule has 8 rings (SSSR count). The molecule has 2 aromatic carbocycles. The smallest absolute Gasteiger partial charge is 0.355 e. The van der Waals surface area contributed by atoms with Gasteiger partial charge in [-0.15, -0.1) is 0 Å². The van der Waals surface area contributed by atoms with Gasteiger partial charge in [0.2, 0.25) is 17.5 Å². The summed E-state index contributed by atoms with van der Waals surface area (Å²) in [7, 11) is 7.14. The van der Waals surface area contributed by atoms with E-state index in [0.717, 1.165) is 75.8 Å². The molecule has 4 aromatic rings. The van der Waals surface area contributed by atoms with E-state index < -0.39 is 52.5 Å². The lowest BCUT2D eigenvalue weighted by molar-refractivity contribution is -0.189. The molecule has 16 heteroatoms. The molecule has 16 nitrogen and oxygen atoms in total. The quantitative estimate of drug-likeness (QED) is 0.116. The van der Waals surface area contributed by atoms with E-state index in [1.807, 2.05) is 90.9 Å². The number of nitrogens with zero attached hydrogens (tertiary/aromatic N) is 6. The van der Waals surface area contributed by atoms with Gasteiger partial charge in [0.25, 0.3) is 11.8 Å². The summed E-state index contributed by atoms with van der Waals surface area (Å²) in [6.45, 7) is 15.3. The number of carbonyl (C=O) groups excluding carboxylic acids is 5. The summed E-state index contributed by atoms with van der Waals surface area (Å²) in [6.07, 6.45) is 5.57. The van der Waals surface area contributed by atoms with Gasteiger partial charge in [0.15, 0.2) is 0 Å². The van der Waals surface area contributed by atoms with Crippen LogP contribution in [0.2, 0.25) is 0 Å². The summed E-state index contributed by atoms with van der Waals surface area (Å²) < 4.78 is 14.2. The molecule has 2 saturated heterocycles. The first-order chi connectivity index (χ1) is 35.6. The summed E-state index contributed by atoms with van der Waals surface area (Å²) in [5.41, 5.74) is 6.92. The van der Waals surface area contributed by atoms with Crippen LogP contribution in [0.5, 0.6) is 0 Å². The Morgan fingerprint density at radius 2 is 1.76 bits per heavy atom. The predicted octanol–water partition coefficient (Wildman–Crippen LogP) is 6.52. The second-order valence-electron chi connectivity index (χ2n) is 23.0. The standard InChI is InChI=1S/C59H78N8O8/c1-12-66-48-24-23-42-32-44(48)45(52(66)43-22-16-28-60-50(43)38(3)74-11)33-57(4,5)36-75-56(72)59(73)26-17-29-67(62-59)55(71)47(31-39-18-15-21-41(42)30-39)61-53(69)51(40-19-13-14-20-40)64(10)54(70)46-35-65(34-37(46)2)49(68)25-27-58(6,7)63(8)9/h15-16,18,21-24,28,30,32,37-38,40,46-47,51,62,73H,12-14,17,19-20,26,29,31,33-36H2,1-11H3,(H,61,69)/t37-,38-,46+,47-,51-,59-/m0/s1. The Kier molecular flexibility index (Phi) is 16.3. The van der Waals surface area contributed by atoms with Gasteiger partial charge in [0, 0.05) is 81.3 Å². The minimum atomic E-state index is -2.23. The van der Waals surface area contributed by atoms with Crippen molar-refractivity contribution >= 4 is 40.5 Å². The molecule has 1 aliphatic carbocycles. The van der Waals surface area contributed by atoms with Crippen molar-refractivity contribution in [3.63, 3.8) is 0 Å². The Morgan fingerprint density at radius 3 is 2.47 bits per heavy atom. The Balaban J connectivity index is 1.16. The maximum atomic E-state index is 15.1. The number of ether oxygens (including phenoxy) is 2. The van der Waals surface area contributed by atoms with Gasteiger partial charge < -0.3 is 34.3 Å². The molecule has 4 aliphatic rings. The summed E-state index contributed by atoms with van der Waals surface area (Å²) in [4.78, 5) is 82.3. The van der Waals surface area contributed by atoms with E-state index in [1.54, 1.807) is 25.3 Å². The highest BCUT2D eigenvalue weighted by atomic mass is 16.6. The van der Waals surface area contributed by atoms with Crippen LogP contribution >= 0.6 is 0 Å². The molecule has 3 N–H and O–H groups in total. The zero-order chi connectivity index (χ0) is 54.1. The Morgan fingerprint density at radius 1 is 1.03 bits per heavy atom. The molecule has 6 atom stereocenters. The van der Waals surface area contributed by atoms with Crippen LogP contribution < -0.4 is 10.7 Å². The molecule has 0 radical (unpaired) electrons. The van der Waals surface area contributed by atoms with Crippen LogP contribution in [-0.2, 0) is 52.8 Å². The summed E-state index contributed by atoms with van der Waals surface area (Å²) in [5.74, 6) is 2.45. The van der Waals surface area contributed by atoms with Gasteiger partial charge in [-0.1, -0.05) is 69.9 Å². The third-order valence-corrected chi connectivity index (χ3v) is 16.4. The van der Waals surface area contributed by atoms with E-state index in [1.165, 1.54) is 9.91 Å². The number of amides is 4. The first-order valence-electron chi connectivity index (χ1n) is 26.8. The Bertz CT molecular complexity index is 2880. The highest BCUT2D eigenvalue weighted by molar-refractivity contribution is 5.97. The zero-order valence-electron chi connectivity index (χ0n) is 45.9. The van der Waals surface area contributed by atoms with E-state index in [9.17, 15) is 19.5 Å². The van der Waals surface area contributed by atoms with Crippen LogP contribution in [0.25, 0.3) is 33.3 Å². The van der Waals surface area contributed by atoms with Crippen LogP contribution in [0.3, 0.4) is 0 Å². The number of fused-ring (bicyclic) bond motifs is 6. The van der Waals surface area contributed by atoms with Crippen LogP contribution in [0.4, 0.5) is 0 Å². The van der Waals surface area contributed by atoms with E-state index in [2.05, 4.69) is 58.3 Å². The summed E-state index contributed by atoms with van der Waals surface area (Å²) in [6, 6.07) is 16.3. The minimum Gasteiger partial charge on any atom is -0.462 e. The molecule has 0 unspecified atom stereocenters. The number of likely N-dealkylation sites (tertiary alicyclic amines) is 1. The Hall–Kier alpha value is -6.12. The number of hydrogen-bond donors (Lipinski definition) is 3.